The van der Waals surface area contributed by atoms with Gasteiger partial charge in [0.25, 0.3) is 5.56 Å². The quantitative estimate of drug-likeness (QED) is 0.890. The van der Waals surface area contributed by atoms with E-state index in [1.54, 1.807) is 13.8 Å². The fourth-order valence-electron chi connectivity index (χ4n) is 1.77. The summed E-state index contributed by atoms with van der Waals surface area (Å²) in [5, 5.41) is 9.81. The zero-order chi connectivity index (χ0) is 14.2. The van der Waals surface area contributed by atoms with E-state index in [-0.39, 0.29) is 27.7 Å². The van der Waals surface area contributed by atoms with Gasteiger partial charge in [0.2, 0.25) is 5.88 Å². The van der Waals surface area contributed by atoms with Crippen molar-refractivity contribution < 1.29 is 9.50 Å². The van der Waals surface area contributed by atoms with Crippen molar-refractivity contribution in [2.75, 3.05) is 0 Å². The molecule has 2 aromatic rings. The first-order valence-corrected chi connectivity index (χ1v) is 6.48. The number of aromatic amines is 1. The highest BCUT2D eigenvalue weighted by molar-refractivity contribution is 9.10. The van der Waals surface area contributed by atoms with Crippen LogP contribution >= 0.6 is 15.9 Å². The standard InChI is InChI=1S/C13H12BrFN2O2/c1-6(2)10-12(18)16-11(17-13(10)19)7-3-4-9(15)8(14)5-7/h3-6H,1-2H3,(H2,16,17,18,19). The molecule has 0 unspecified atom stereocenters. The molecule has 19 heavy (non-hydrogen) atoms. The number of rotatable bonds is 2. The number of nitrogens with one attached hydrogen (secondary N) is 1. The van der Waals surface area contributed by atoms with Gasteiger partial charge in [0, 0.05) is 5.56 Å². The number of benzene rings is 1. The van der Waals surface area contributed by atoms with E-state index in [4.69, 9.17) is 0 Å². The highest BCUT2D eigenvalue weighted by Gasteiger charge is 2.15. The van der Waals surface area contributed by atoms with Crippen LogP contribution < -0.4 is 5.56 Å². The maximum atomic E-state index is 13.2. The van der Waals surface area contributed by atoms with Gasteiger partial charge in [0.1, 0.15) is 11.6 Å². The Morgan fingerprint density at radius 2 is 2.11 bits per heavy atom. The van der Waals surface area contributed by atoms with E-state index in [0.29, 0.717) is 5.56 Å². The second-order valence-electron chi connectivity index (χ2n) is 4.44. The molecule has 0 saturated carbocycles. The van der Waals surface area contributed by atoms with E-state index >= 15 is 0 Å². The second-order valence-corrected chi connectivity index (χ2v) is 5.29. The molecule has 2 N–H and O–H groups in total. The predicted molar refractivity (Wildman–Crippen MR) is 73.7 cm³/mol. The molecule has 0 aliphatic carbocycles. The molecule has 0 aliphatic heterocycles. The normalized spacial score (nSPS) is 11.0. The third-order valence-electron chi connectivity index (χ3n) is 2.71. The van der Waals surface area contributed by atoms with Crippen LogP contribution in [0.25, 0.3) is 11.4 Å². The number of aromatic nitrogens is 2. The van der Waals surface area contributed by atoms with Crippen LogP contribution in [0.1, 0.15) is 25.3 Å². The average molecular weight is 327 g/mol. The maximum absolute atomic E-state index is 13.2. The molecule has 0 saturated heterocycles. The Bertz CT molecular complexity index is 683. The fraction of sp³-hybridized carbons (Fsp3) is 0.231. The Morgan fingerprint density at radius 3 is 2.63 bits per heavy atom. The molecule has 1 heterocycles. The van der Waals surface area contributed by atoms with Gasteiger partial charge in [-0.3, -0.25) is 4.79 Å². The molecule has 4 nitrogen and oxygen atoms in total. The number of H-pyrrole nitrogens is 1. The van der Waals surface area contributed by atoms with E-state index in [9.17, 15) is 14.3 Å². The van der Waals surface area contributed by atoms with Crippen LogP contribution in [0, 0.1) is 5.82 Å². The summed E-state index contributed by atoms with van der Waals surface area (Å²) in [6.45, 7) is 3.58. The fourth-order valence-corrected chi connectivity index (χ4v) is 2.15. The van der Waals surface area contributed by atoms with Gasteiger partial charge in [0.05, 0.1) is 10.0 Å². The summed E-state index contributed by atoms with van der Waals surface area (Å²) >= 11 is 3.06. The average Bonchev–Trinajstić information content (AvgIpc) is 2.31. The summed E-state index contributed by atoms with van der Waals surface area (Å²) in [4.78, 5) is 18.4. The Labute approximate surface area is 117 Å². The minimum absolute atomic E-state index is 0.134. The van der Waals surface area contributed by atoms with E-state index in [1.807, 2.05) is 0 Å². The summed E-state index contributed by atoms with van der Waals surface area (Å²) in [5.41, 5.74) is 0.360. The van der Waals surface area contributed by atoms with E-state index in [0.717, 1.165) is 0 Å². The van der Waals surface area contributed by atoms with Crippen molar-refractivity contribution in [1.29, 1.82) is 0 Å². The highest BCUT2D eigenvalue weighted by Crippen LogP contribution is 2.25. The minimum Gasteiger partial charge on any atom is -0.493 e. The Morgan fingerprint density at radius 1 is 1.42 bits per heavy atom. The van der Waals surface area contributed by atoms with Gasteiger partial charge >= 0.3 is 0 Å². The third-order valence-corrected chi connectivity index (χ3v) is 3.31. The van der Waals surface area contributed by atoms with Crippen LogP contribution in [-0.2, 0) is 0 Å². The molecular weight excluding hydrogens is 315 g/mol. The lowest BCUT2D eigenvalue weighted by Crippen LogP contribution is -2.16. The number of hydrogen-bond donors (Lipinski definition) is 2. The Kier molecular flexibility index (Phi) is 3.71. The van der Waals surface area contributed by atoms with Gasteiger partial charge < -0.3 is 10.1 Å². The molecule has 0 bridgehead atoms. The van der Waals surface area contributed by atoms with Gasteiger partial charge in [-0.15, -0.1) is 0 Å². The van der Waals surface area contributed by atoms with Crippen LogP contribution in [0.15, 0.2) is 27.5 Å². The number of halogens is 2. The molecule has 0 atom stereocenters. The summed E-state index contributed by atoms with van der Waals surface area (Å²) in [6.07, 6.45) is 0. The molecule has 100 valence electrons. The molecule has 1 aromatic carbocycles. The maximum Gasteiger partial charge on any atom is 0.258 e. The predicted octanol–water partition coefficient (Wildman–Crippen LogP) is 3.17. The van der Waals surface area contributed by atoms with Crippen molar-refractivity contribution in [1.82, 2.24) is 9.97 Å². The molecule has 6 heteroatoms. The van der Waals surface area contributed by atoms with Crippen molar-refractivity contribution in [2.24, 2.45) is 0 Å². The first kappa shape index (κ1) is 13.7. The van der Waals surface area contributed by atoms with Crippen LogP contribution in [0.4, 0.5) is 4.39 Å². The Hall–Kier alpha value is -1.69. The van der Waals surface area contributed by atoms with E-state index < -0.39 is 11.4 Å². The smallest absolute Gasteiger partial charge is 0.258 e. The van der Waals surface area contributed by atoms with Gasteiger partial charge in [-0.05, 0) is 40.0 Å². The Balaban J connectivity index is 2.58. The van der Waals surface area contributed by atoms with Gasteiger partial charge in [-0.2, -0.15) is 4.98 Å². The highest BCUT2D eigenvalue weighted by atomic mass is 79.9. The van der Waals surface area contributed by atoms with E-state index in [1.165, 1.54) is 18.2 Å². The minimum atomic E-state index is -0.408. The summed E-state index contributed by atoms with van der Waals surface area (Å²) in [5.74, 6) is -0.638. The van der Waals surface area contributed by atoms with Crippen LogP contribution in [0.5, 0.6) is 5.88 Å². The third kappa shape index (κ3) is 2.68. The van der Waals surface area contributed by atoms with Gasteiger partial charge in [-0.25, -0.2) is 4.39 Å². The van der Waals surface area contributed by atoms with Crippen molar-refractivity contribution >= 4 is 15.9 Å². The first-order chi connectivity index (χ1) is 8.90. The molecule has 1 aromatic heterocycles. The molecule has 0 amide bonds. The molecular formula is C13H12BrFN2O2. The molecule has 0 fully saturated rings. The zero-order valence-corrected chi connectivity index (χ0v) is 12.0. The molecule has 0 spiro atoms. The topological polar surface area (TPSA) is 66.0 Å². The summed E-state index contributed by atoms with van der Waals surface area (Å²) < 4.78 is 13.4. The van der Waals surface area contributed by atoms with Crippen molar-refractivity contribution in [3.63, 3.8) is 0 Å². The van der Waals surface area contributed by atoms with Gasteiger partial charge in [0.15, 0.2) is 0 Å². The number of nitrogens with zero attached hydrogens (tertiary/aromatic N) is 1. The van der Waals surface area contributed by atoms with Crippen molar-refractivity contribution in [3.05, 3.63) is 44.4 Å². The summed E-state index contributed by atoms with van der Waals surface area (Å²) in [7, 11) is 0. The second kappa shape index (κ2) is 5.13. The van der Waals surface area contributed by atoms with Crippen LogP contribution in [0.3, 0.4) is 0 Å². The lowest BCUT2D eigenvalue weighted by atomic mass is 10.1. The summed E-state index contributed by atoms with van der Waals surface area (Å²) in [6, 6.07) is 4.22. The SMILES string of the molecule is CC(C)c1c(O)nc(-c2ccc(F)c(Br)c2)[nH]c1=O. The van der Waals surface area contributed by atoms with Crippen LogP contribution in [0.2, 0.25) is 0 Å². The lowest BCUT2D eigenvalue weighted by molar-refractivity contribution is 0.440. The molecule has 0 aliphatic rings. The number of aromatic hydroxyl groups is 1. The van der Waals surface area contributed by atoms with Crippen LogP contribution in [-0.4, -0.2) is 15.1 Å². The molecule has 0 radical (unpaired) electrons. The van der Waals surface area contributed by atoms with Crippen molar-refractivity contribution in [3.8, 4) is 17.3 Å². The number of hydrogen-bond acceptors (Lipinski definition) is 3. The van der Waals surface area contributed by atoms with Crippen molar-refractivity contribution in [2.45, 2.75) is 19.8 Å². The first-order valence-electron chi connectivity index (χ1n) is 5.68. The van der Waals surface area contributed by atoms with Gasteiger partial charge in [-0.1, -0.05) is 13.8 Å². The molecule has 2 rings (SSSR count). The zero-order valence-electron chi connectivity index (χ0n) is 10.4. The largest absolute Gasteiger partial charge is 0.493 e. The van der Waals surface area contributed by atoms with E-state index in [2.05, 4.69) is 25.9 Å². The monoisotopic (exact) mass is 326 g/mol. The lowest BCUT2D eigenvalue weighted by Gasteiger charge is -2.08.